The van der Waals surface area contributed by atoms with Crippen molar-refractivity contribution in [1.29, 1.82) is 0 Å². The molecule has 0 spiro atoms. The second-order valence-corrected chi connectivity index (χ2v) is 9.85. The highest BCUT2D eigenvalue weighted by Crippen LogP contribution is 2.25. The van der Waals surface area contributed by atoms with E-state index >= 15 is 0 Å². The van der Waals surface area contributed by atoms with Crippen LogP contribution in [-0.4, -0.2) is 83.2 Å². The van der Waals surface area contributed by atoms with E-state index in [4.69, 9.17) is 10.8 Å². The van der Waals surface area contributed by atoms with E-state index in [1.807, 2.05) is 0 Å². The number of piperidine rings is 1. The highest BCUT2D eigenvalue weighted by molar-refractivity contribution is 5.85. The van der Waals surface area contributed by atoms with E-state index in [-0.39, 0.29) is 67.2 Å². The van der Waals surface area contributed by atoms with Gasteiger partial charge in [0.15, 0.2) is 0 Å². The largest absolute Gasteiger partial charge is 0.481 e. The molecule has 0 aromatic carbocycles. The molecule has 10 N–H and O–H groups in total. The Morgan fingerprint density at radius 3 is 2.34 bits per heavy atom. The molecule has 2 heterocycles. The lowest BCUT2D eigenvalue weighted by molar-refractivity contribution is -0.143. The number of fused-ring (bicyclic) bond motifs is 1. The molecule has 198 valence electrons. The van der Waals surface area contributed by atoms with Crippen molar-refractivity contribution in [2.24, 2.45) is 11.7 Å². The first-order valence-electron chi connectivity index (χ1n) is 12.4. The van der Waals surface area contributed by atoms with Crippen LogP contribution in [0.1, 0.15) is 58.3 Å². The Morgan fingerprint density at radius 1 is 1.00 bits per heavy atom. The van der Waals surface area contributed by atoms with Gasteiger partial charge in [0.05, 0.1) is 12.2 Å². The summed E-state index contributed by atoms with van der Waals surface area (Å²) in [7, 11) is 0. The lowest BCUT2D eigenvalue weighted by Gasteiger charge is -2.48. The molecule has 0 aromatic rings. The Kier molecular flexibility index (Phi) is 9.80. The number of hydrogen-bond donors (Lipinski definition) is 9. The van der Waals surface area contributed by atoms with Crippen LogP contribution in [0.2, 0.25) is 0 Å². The van der Waals surface area contributed by atoms with Crippen molar-refractivity contribution >= 4 is 23.8 Å². The summed E-state index contributed by atoms with van der Waals surface area (Å²) in [5.74, 6) is -3.01. The Morgan fingerprint density at radius 2 is 1.71 bits per heavy atom. The second-order valence-electron chi connectivity index (χ2n) is 9.85. The summed E-state index contributed by atoms with van der Waals surface area (Å²) < 4.78 is 0. The molecule has 6 atom stereocenters. The van der Waals surface area contributed by atoms with E-state index in [2.05, 4.69) is 31.9 Å². The number of nitrogens with two attached hydrogens (primary N) is 1. The van der Waals surface area contributed by atoms with Crippen molar-refractivity contribution in [3.8, 4) is 0 Å². The minimum absolute atomic E-state index is 0.0157. The molecular weight excluding hydrogens is 458 g/mol. The number of rotatable bonds is 10. The third-order valence-electron chi connectivity index (χ3n) is 7.17. The van der Waals surface area contributed by atoms with Crippen LogP contribution in [0.3, 0.4) is 0 Å². The normalized spacial score (nSPS) is 33.7. The number of carboxylic acid groups (broad SMARTS) is 2. The zero-order valence-electron chi connectivity index (χ0n) is 20.1. The Hall–Kier alpha value is -2.32. The number of amides is 2. The Labute approximate surface area is 204 Å². The van der Waals surface area contributed by atoms with Gasteiger partial charge in [-0.1, -0.05) is 0 Å². The fourth-order valence-electron chi connectivity index (χ4n) is 5.32. The van der Waals surface area contributed by atoms with Crippen LogP contribution in [-0.2, 0) is 19.2 Å². The molecule has 2 aliphatic heterocycles. The molecule has 1 aliphatic carbocycles. The van der Waals surface area contributed by atoms with Crippen LogP contribution in [0, 0.1) is 5.92 Å². The van der Waals surface area contributed by atoms with E-state index < -0.39 is 18.0 Å². The van der Waals surface area contributed by atoms with Crippen LogP contribution in [0.25, 0.3) is 0 Å². The summed E-state index contributed by atoms with van der Waals surface area (Å²) in [5.41, 5.74) is 6.00. The molecule has 3 aliphatic rings. The Bertz CT molecular complexity index is 775. The van der Waals surface area contributed by atoms with E-state index in [9.17, 15) is 24.3 Å². The molecular formula is C22H39N7O6. The third-order valence-corrected chi connectivity index (χ3v) is 7.17. The summed E-state index contributed by atoms with van der Waals surface area (Å²) in [4.78, 5) is 46.2. The van der Waals surface area contributed by atoms with E-state index in [1.165, 1.54) is 6.92 Å². The highest BCUT2D eigenvalue weighted by Gasteiger charge is 2.40. The average molecular weight is 498 g/mol. The van der Waals surface area contributed by atoms with Gasteiger partial charge in [0.2, 0.25) is 11.8 Å². The van der Waals surface area contributed by atoms with Gasteiger partial charge >= 0.3 is 11.9 Å². The van der Waals surface area contributed by atoms with E-state index in [1.54, 1.807) is 0 Å². The standard InChI is InChI=1S/C22H39N7O6/c1-11(30)25-19-18-15(28-22(23)29-19)7-6-14(26-18)10-24-13-4-2-12(3-5-13)20(33)27-16(21(34)35)8-9-17(31)32/h12-16,18-19,22,24,26,28-29H,2-10,23H2,1H3,(H,25,30)(H,27,33)(H,31,32)(H,34,35)/t12?,13?,14?,15?,16-,18?,19?,22?/m1/s1. The summed E-state index contributed by atoms with van der Waals surface area (Å²) in [6.07, 6.45) is 3.73. The first kappa shape index (κ1) is 27.3. The molecule has 0 aromatic heterocycles. The molecule has 0 bridgehead atoms. The number of nitrogens with one attached hydrogen (secondary N) is 6. The lowest BCUT2D eigenvalue weighted by atomic mass is 9.84. The summed E-state index contributed by atoms with van der Waals surface area (Å²) in [6.45, 7) is 2.25. The smallest absolute Gasteiger partial charge is 0.326 e. The zero-order valence-corrected chi connectivity index (χ0v) is 20.1. The SMILES string of the molecule is CC(=O)NC1NC(N)NC2CCC(CNC3CCC(C(=O)N[C@H](CCC(=O)O)C(=O)O)CC3)NC21. The van der Waals surface area contributed by atoms with Gasteiger partial charge in [-0.2, -0.15) is 0 Å². The number of carbonyl (C=O) groups is 4. The molecule has 3 rings (SSSR count). The summed E-state index contributed by atoms with van der Waals surface area (Å²) in [6, 6.07) is -0.504. The van der Waals surface area contributed by atoms with Crippen LogP contribution < -0.4 is 37.6 Å². The number of carbonyl (C=O) groups excluding carboxylic acids is 2. The van der Waals surface area contributed by atoms with E-state index in [0.29, 0.717) is 12.8 Å². The van der Waals surface area contributed by atoms with Gasteiger partial charge in [-0.15, -0.1) is 0 Å². The molecule has 35 heavy (non-hydrogen) atoms. The fourth-order valence-corrected chi connectivity index (χ4v) is 5.32. The first-order valence-corrected chi connectivity index (χ1v) is 12.4. The van der Waals surface area contributed by atoms with Crippen LogP contribution in [0.4, 0.5) is 0 Å². The first-order chi connectivity index (χ1) is 16.6. The Balaban J connectivity index is 1.41. The highest BCUT2D eigenvalue weighted by atomic mass is 16.4. The molecule has 2 amide bonds. The van der Waals surface area contributed by atoms with Crippen molar-refractivity contribution in [3.05, 3.63) is 0 Å². The van der Waals surface area contributed by atoms with Crippen molar-refractivity contribution in [2.75, 3.05) is 6.54 Å². The van der Waals surface area contributed by atoms with Crippen LogP contribution in [0.15, 0.2) is 0 Å². The summed E-state index contributed by atoms with van der Waals surface area (Å²) >= 11 is 0. The van der Waals surface area contributed by atoms with Crippen molar-refractivity contribution in [2.45, 2.75) is 101 Å². The van der Waals surface area contributed by atoms with E-state index in [0.717, 1.165) is 32.2 Å². The second kappa shape index (κ2) is 12.6. The van der Waals surface area contributed by atoms with Gasteiger partial charge in [0, 0.05) is 43.9 Å². The zero-order chi connectivity index (χ0) is 25.5. The molecule has 5 unspecified atom stereocenters. The van der Waals surface area contributed by atoms with Crippen LogP contribution in [0.5, 0.6) is 0 Å². The number of hydrogen-bond acceptors (Lipinski definition) is 9. The number of aliphatic carboxylic acids is 2. The van der Waals surface area contributed by atoms with Gasteiger partial charge in [0.1, 0.15) is 12.3 Å². The minimum Gasteiger partial charge on any atom is -0.481 e. The van der Waals surface area contributed by atoms with Crippen molar-refractivity contribution < 1.29 is 29.4 Å². The van der Waals surface area contributed by atoms with Gasteiger partial charge in [-0.25, -0.2) is 4.79 Å². The summed E-state index contributed by atoms with van der Waals surface area (Å²) in [5, 5.41) is 37.2. The molecule has 0 radical (unpaired) electrons. The van der Waals surface area contributed by atoms with Gasteiger partial charge in [0.25, 0.3) is 0 Å². The predicted octanol–water partition coefficient (Wildman–Crippen LogP) is -2.04. The molecule has 3 fully saturated rings. The average Bonchev–Trinajstić information content (AvgIpc) is 2.80. The topological polar surface area (TPSA) is 207 Å². The minimum atomic E-state index is -1.22. The number of carboxylic acids is 2. The quantitative estimate of drug-likeness (QED) is 0.161. The molecule has 13 heteroatoms. The third kappa shape index (κ3) is 8.10. The molecule has 2 saturated heterocycles. The maximum atomic E-state index is 12.5. The van der Waals surface area contributed by atoms with Crippen LogP contribution >= 0.6 is 0 Å². The monoisotopic (exact) mass is 497 g/mol. The van der Waals surface area contributed by atoms with Gasteiger partial charge in [-0.05, 0) is 44.9 Å². The molecule has 13 nitrogen and oxygen atoms in total. The fraction of sp³-hybridized carbons (Fsp3) is 0.818. The maximum absolute atomic E-state index is 12.5. The maximum Gasteiger partial charge on any atom is 0.326 e. The van der Waals surface area contributed by atoms with Crippen molar-refractivity contribution in [1.82, 2.24) is 31.9 Å². The lowest BCUT2D eigenvalue weighted by Crippen LogP contribution is -2.78. The van der Waals surface area contributed by atoms with Gasteiger partial charge < -0.3 is 37.2 Å². The van der Waals surface area contributed by atoms with Crippen molar-refractivity contribution in [3.63, 3.8) is 0 Å². The van der Waals surface area contributed by atoms with Gasteiger partial charge in [-0.3, -0.25) is 25.0 Å². The molecule has 1 saturated carbocycles. The predicted molar refractivity (Wildman–Crippen MR) is 126 cm³/mol.